The molecule has 2 atom stereocenters. The maximum absolute atomic E-state index is 13.8. The zero-order chi connectivity index (χ0) is 17.3. The van der Waals surface area contributed by atoms with Gasteiger partial charge in [-0.05, 0) is 19.3 Å². The van der Waals surface area contributed by atoms with Crippen LogP contribution in [0.5, 0.6) is 0 Å². The van der Waals surface area contributed by atoms with Crippen LogP contribution in [0.1, 0.15) is 96.8 Å². The fraction of sp³-hybridized carbons (Fsp3) is 0.947. The fourth-order valence-corrected chi connectivity index (χ4v) is 2.75. The minimum Gasteiger partial charge on any atom is -0.469 e. The average molecular weight is 333 g/mol. The SMILES string of the molecule is CCCCCCCC[C@H](O)[C@@H](F)CCCCCCCC(=O)OC. The number of aliphatic hydroxyl groups is 1. The van der Waals surface area contributed by atoms with Gasteiger partial charge >= 0.3 is 5.97 Å². The lowest BCUT2D eigenvalue weighted by molar-refractivity contribution is -0.140. The van der Waals surface area contributed by atoms with Crippen molar-refractivity contribution in [3.63, 3.8) is 0 Å². The maximum atomic E-state index is 13.8. The van der Waals surface area contributed by atoms with Crippen molar-refractivity contribution in [1.29, 1.82) is 0 Å². The van der Waals surface area contributed by atoms with E-state index in [1.807, 2.05) is 0 Å². The van der Waals surface area contributed by atoms with Crippen molar-refractivity contribution in [2.24, 2.45) is 0 Å². The summed E-state index contributed by atoms with van der Waals surface area (Å²) in [4.78, 5) is 10.9. The zero-order valence-corrected chi connectivity index (χ0v) is 15.2. The summed E-state index contributed by atoms with van der Waals surface area (Å²) < 4.78 is 18.4. The first-order valence-corrected chi connectivity index (χ1v) is 9.50. The molecular weight excluding hydrogens is 295 g/mol. The van der Waals surface area contributed by atoms with Crippen LogP contribution in [0, 0.1) is 0 Å². The minimum absolute atomic E-state index is 0.161. The Morgan fingerprint density at radius 1 is 0.913 bits per heavy atom. The number of aliphatic hydroxyl groups excluding tert-OH is 1. The molecule has 0 fully saturated rings. The van der Waals surface area contributed by atoms with Crippen molar-refractivity contribution >= 4 is 5.97 Å². The summed E-state index contributed by atoms with van der Waals surface area (Å²) in [5.41, 5.74) is 0. The van der Waals surface area contributed by atoms with Crippen LogP contribution in [-0.2, 0) is 9.53 Å². The van der Waals surface area contributed by atoms with Gasteiger partial charge in [0.2, 0.25) is 0 Å². The minimum atomic E-state index is -1.08. The van der Waals surface area contributed by atoms with Gasteiger partial charge in [-0.25, -0.2) is 4.39 Å². The van der Waals surface area contributed by atoms with Gasteiger partial charge in [0.05, 0.1) is 13.2 Å². The fourth-order valence-electron chi connectivity index (χ4n) is 2.75. The van der Waals surface area contributed by atoms with E-state index in [1.54, 1.807) is 0 Å². The number of alkyl halides is 1. The van der Waals surface area contributed by atoms with Gasteiger partial charge in [0, 0.05) is 6.42 Å². The van der Waals surface area contributed by atoms with Crippen molar-refractivity contribution in [2.75, 3.05) is 7.11 Å². The lowest BCUT2D eigenvalue weighted by Gasteiger charge is -2.15. The van der Waals surface area contributed by atoms with Gasteiger partial charge < -0.3 is 9.84 Å². The molecule has 0 unspecified atom stereocenters. The molecule has 0 saturated carbocycles. The van der Waals surface area contributed by atoms with E-state index in [9.17, 15) is 14.3 Å². The smallest absolute Gasteiger partial charge is 0.305 e. The molecule has 0 rings (SSSR count). The Morgan fingerprint density at radius 2 is 1.43 bits per heavy atom. The number of rotatable bonds is 16. The summed E-state index contributed by atoms with van der Waals surface area (Å²) in [6.45, 7) is 2.19. The number of unbranched alkanes of at least 4 members (excludes halogenated alkanes) is 9. The third-order valence-corrected chi connectivity index (χ3v) is 4.36. The van der Waals surface area contributed by atoms with Gasteiger partial charge in [-0.2, -0.15) is 0 Å². The Kier molecular flexibility index (Phi) is 15.8. The number of methoxy groups -OCH3 is 1. The molecule has 0 spiro atoms. The quantitative estimate of drug-likeness (QED) is 0.306. The van der Waals surface area contributed by atoms with E-state index in [2.05, 4.69) is 11.7 Å². The molecule has 0 amide bonds. The van der Waals surface area contributed by atoms with E-state index < -0.39 is 12.3 Å². The van der Waals surface area contributed by atoms with Crippen LogP contribution in [0.15, 0.2) is 0 Å². The van der Waals surface area contributed by atoms with Crippen LogP contribution < -0.4 is 0 Å². The molecule has 0 aromatic rings. The first-order valence-electron chi connectivity index (χ1n) is 9.50. The molecule has 0 aromatic heterocycles. The number of hydrogen-bond acceptors (Lipinski definition) is 3. The Bertz CT molecular complexity index is 271. The van der Waals surface area contributed by atoms with Crippen molar-refractivity contribution < 1.29 is 19.0 Å². The summed E-state index contributed by atoms with van der Waals surface area (Å²) >= 11 is 0. The number of halogens is 1. The van der Waals surface area contributed by atoms with Gasteiger partial charge in [-0.15, -0.1) is 0 Å². The van der Waals surface area contributed by atoms with Crippen LogP contribution in [0.4, 0.5) is 4.39 Å². The van der Waals surface area contributed by atoms with E-state index >= 15 is 0 Å². The predicted molar refractivity (Wildman–Crippen MR) is 93.2 cm³/mol. The number of ether oxygens (including phenoxy) is 1. The molecule has 3 nitrogen and oxygen atoms in total. The van der Waals surface area contributed by atoms with Gasteiger partial charge in [0.15, 0.2) is 0 Å². The van der Waals surface area contributed by atoms with Crippen molar-refractivity contribution in [3.8, 4) is 0 Å². The van der Waals surface area contributed by atoms with Crippen LogP contribution >= 0.6 is 0 Å². The lowest BCUT2D eigenvalue weighted by Crippen LogP contribution is -2.21. The maximum Gasteiger partial charge on any atom is 0.305 e. The van der Waals surface area contributed by atoms with E-state index in [1.165, 1.54) is 32.8 Å². The molecular formula is C19H37FO3. The highest BCUT2D eigenvalue weighted by Gasteiger charge is 2.17. The molecule has 23 heavy (non-hydrogen) atoms. The predicted octanol–water partition coefficient (Wildman–Crippen LogP) is 5.34. The summed E-state index contributed by atoms with van der Waals surface area (Å²) in [6.07, 6.45) is 11.2. The highest BCUT2D eigenvalue weighted by Crippen LogP contribution is 2.17. The summed E-state index contributed by atoms with van der Waals surface area (Å²) in [5.74, 6) is -0.161. The van der Waals surface area contributed by atoms with Gasteiger partial charge in [-0.1, -0.05) is 71.1 Å². The second-order valence-corrected chi connectivity index (χ2v) is 6.52. The summed E-state index contributed by atoms with van der Waals surface area (Å²) in [7, 11) is 1.40. The molecule has 0 aromatic carbocycles. The Morgan fingerprint density at radius 3 is 2.04 bits per heavy atom. The Hall–Kier alpha value is -0.640. The molecule has 0 saturated heterocycles. The van der Waals surface area contributed by atoms with Crippen LogP contribution in [0.25, 0.3) is 0 Å². The monoisotopic (exact) mass is 332 g/mol. The molecule has 0 aliphatic heterocycles. The summed E-state index contributed by atoms with van der Waals surface area (Å²) in [6, 6.07) is 0. The molecule has 0 aliphatic rings. The molecule has 138 valence electrons. The molecule has 1 N–H and O–H groups in total. The van der Waals surface area contributed by atoms with E-state index in [0.29, 0.717) is 19.3 Å². The number of esters is 1. The first kappa shape index (κ1) is 22.4. The summed E-state index contributed by atoms with van der Waals surface area (Å²) in [5, 5.41) is 9.82. The number of hydrogen-bond donors (Lipinski definition) is 1. The van der Waals surface area contributed by atoms with E-state index in [-0.39, 0.29) is 5.97 Å². The molecule has 0 aliphatic carbocycles. The molecule has 0 heterocycles. The second-order valence-electron chi connectivity index (χ2n) is 6.52. The number of carbonyl (C=O) groups is 1. The van der Waals surface area contributed by atoms with Crippen LogP contribution in [0.2, 0.25) is 0 Å². The molecule has 0 bridgehead atoms. The molecule has 0 radical (unpaired) electrons. The highest BCUT2D eigenvalue weighted by molar-refractivity contribution is 5.68. The third kappa shape index (κ3) is 14.7. The normalized spacial score (nSPS) is 13.7. The van der Waals surface area contributed by atoms with Gasteiger partial charge in [0.25, 0.3) is 0 Å². The highest BCUT2D eigenvalue weighted by atomic mass is 19.1. The number of carbonyl (C=O) groups excluding carboxylic acids is 1. The standard InChI is InChI=1S/C19H37FO3/c1-3-4-5-6-9-12-15-18(21)17(20)14-11-8-7-10-13-16-19(22)23-2/h17-18,21H,3-16H2,1-2H3/t17-,18-/m0/s1. The first-order chi connectivity index (χ1) is 11.1. The third-order valence-electron chi connectivity index (χ3n) is 4.36. The van der Waals surface area contributed by atoms with E-state index in [0.717, 1.165) is 44.9 Å². The lowest BCUT2D eigenvalue weighted by atomic mass is 10.0. The van der Waals surface area contributed by atoms with Crippen molar-refractivity contribution in [2.45, 2.75) is 109 Å². The van der Waals surface area contributed by atoms with Crippen molar-refractivity contribution in [3.05, 3.63) is 0 Å². The van der Waals surface area contributed by atoms with Crippen molar-refractivity contribution in [1.82, 2.24) is 0 Å². The topological polar surface area (TPSA) is 46.5 Å². The van der Waals surface area contributed by atoms with Crippen LogP contribution in [0.3, 0.4) is 0 Å². The van der Waals surface area contributed by atoms with Crippen LogP contribution in [-0.4, -0.2) is 30.5 Å². The largest absolute Gasteiger partial charge is 0.469 e. The zero-order valence-electron chi connectivity index (χ0n) is 15.2. The van der Waals surface area contributed by atoms with E-state index in [4.69, 9.17) is 0 Å². The van der Waals surface area contributed by atoms with Gasteiger partial charge in [0.1, 0.15) is 6.17 Å². The Balaban J connectivity index is 3.40. The van der Waals surface area contributed by atoms with Gasteiger partial charge in [-0.3, -0.25) is 4.79 Å². The second kappa shape index (κ2) is 16.2. The molecule has 4 heteroatoms. The Labute approximate surface area is 142 Å². The average Bonchev–Trinajstić information content (AvgIpc) is 2.56.